The van der Waals surface area contributed by atoms with Crippen LogP contribution in [0.15, 0.2) is 30.6 Å². The molecule has 1 aliphatic heterocycles. The van der Waals surface area contributed by atoms with Crippen molar-refractivity contribution in [2.75, 3.05) is 5.32 Å². The normalized spacial score (nSPS) is 24.8. The lowest BCUT2D eigenvalue weighted by molar-refractivity contribution is -0.175. The molecule has 0 saturated carbocycles. The molecule has 4 N–H and O–H groups in total. The number of aromatic nitrogens is 3. The Morgan fingerprint density at radius 2 is 2.20 bits per heavy atom. The van der Waals surface area contributed by atoms with Crippen molar-refractivity contribution in [1.29, 1.82) is 0 Å². The minimum atomic E-state index is -2.20. The van der Waals surface area contributed by atoms with Gasteiger partial charge < -0.3 is 20.6 Å². The third-order valence-electron chi connectivity index (χ3n) is 3.34. The van der Waals surface area contributed by atoms with Crippen molar-refractivity contribution < 1.29 is 20.1 Å². The Balaban J connectivity index is 2.07. The van der Waals surface area contributed by atoms with Crippen molar-refractivity contribution in [1.82, 2.24) is 14.8 Å². The van der Waals surface area contributed by atoms with Gasteiger partial charge in [0.1, 0.15) is 12.1 Å². The minimum Gasteiger partial charge on any atom is -0.508 e. The highest BCUT2D eigenvalue weighted by atomic mass is 16.4. The second-order valence-corrected chi connectivity index (χ2v) is 4.58. The predicted molar refractivity (Wildman–Crippen MR) is 66.9 cm³/mol. The number of fused-ring (bicyclic) bond motifs is 1. The van der Waals surface area contributed by atoms with E-state index in [0.29, 0.717) is 5.56 Å². The molecule has 20 heavy (non-hydrogen) atoms. The standard InChI is InChI=1S/C12H12N4O4/c17-9-4-2-1-3-7(9)8-5-12(20,10(18)19)16-11(15-8)13-6-14-16/h1-4,6,8,17,20H,5H2,(H,18,19)(H,13,14,15). The summed E-state index contributed by atoms with van der Waals surface area (Å²) in [5, 5.41) is 36.2. The number of aromatic hydroxyl groups is 1. The van der Waals surface area contributed by atoms with Crippen LogP contribution in [0.1, 0.15) is 18.0 Å². The number of nitrogens with one attached hydrogen (secondary N) is 1. The Kier molecular flexibility index (Phi) is 2.61. The summed E-state index contributed by atoms with van der Waals surface area (Å²) in [6.45, 7) is 0. The average Bonchev–Trinajstić information content (AvgIpc) is 2.88. The van der Waals surface area contributed by atoms with E-state index in [4.69, 9.17) is 0 Å². The molecule has 3 rings (SSSR count). The predicted octanol–water partition coefficient (Wildman–Crippen LogP) is 0.270. The van der Waals surface area contributed by atoms with Crippen LogP contribution in [0.3, 0.4) is 0 Å². The van der Waals surface area contributed by atoms with Crippen LogP contribution in [0.2, 0.25) is 0 Å². The van der Waals surface area contributed by atoms with Crippen molar-refractivity contribution >= 4 is 11.9 Å². The molecule has 0 spiro atoms. The summed E-state index contributed by atoms with van der Waals surface area (Å²) in [6, 6.07) is 5.94. The Hall–Kier alpha value is -2.61. The smallest absolute Gasteiger partial charge is 0.359 e. The van der Waals surface area contributed by atoms with Crippen molar-refractivity contribution in [2.24, 2.45) is 0 Å². The molecule has 0 saturated heterocycles. The highest BCUT2D eigenvalue weighted by Gasteiger charge is 2.47. The molecule has 0 bridgehead atoms. The Morgan fingerprint density at radius 1 is 1.45 bits per heavy atom. The van der Waals surface area contributed by atoms with E-state index in [1.807, 2.05) is 0 Å². The van der Waals surface area contributed by atoms with Gasteiger partial charge in [0.25, 0.3) is 5.72 Å². The summed E-state index contributed by atoms with van der Waals surface area (Å²) >= 11 is 0. The first-order chi connectivity index (χ1) is 9.52. The van der Waals surface area contributed by atoms with Gasteiger partial charge in [-0.3, -0.25) is 0 Å². The molecule has 2 aromatic rings. The fourth-order valence-electron chi connectivity index (χ4n) is 2.34. The number of carbonyl (C=O) groups is 1. The quantitative estimate of drug-likeness (QED) is 0.621. The van der Waals surface area contributed by atoms with Crippen molar-refractivity contribution in [2.45, 2.75) is 18.2 Å². The van der Waals surface area contributed by atoms with Crippen LogP contribution in [0.4, 0.5) is 5.95 Å². The summed E-state index contributed by atoms with van der Waals surface area (Å²) in [4.78, 5) is 15.2. The summed E-state index contributed by atoms with van der Waals surface area (Å²) in [5.41, 5.74) is -1.72. The van der Waals surface area contributed by atoms with E-state index < -0.39 is 17.7 Å². The van der Waals surface area contributed by atoms with E-state index in [1.165, 1.54) is 6.07 Å². The molecular formula is C12H12N4O4. The van der Waals surface area contributed by atoms with Crippen LogP contribution < -0.4 is 5.32 Å². The lowest BCUT2D eigenvalue weighted by Crippen LogP contribution is -2.48. The van der Waals surface area contributed by atoms with Crippen LogP contribution in [0.25, 0.3) is 0 Å². The maximum atomic E-state index is 11.4. The van der Waals surface area contributed by atoms with Gasteiger partial charge >= 0.3 is 5.97 Å². The molecule has 0 radical (unpaired) electrons. The van der Waals surface area contributed by atoms with Crippen LogP contribution in [0.5, 0.6) is 5.75 Å². The number of carboxylic acids is 1. The molecule has 104 valence electrons. The van der Waals surface area contributed by atoms with Gasteiger partial charge in [0, 0.05) is 12.0 Å². The second-order valence-electron chi connectivity index (χ2n) is 4.58. The molecule has 8 heteroatoms. The van der Waals surface area contributed by atoms with Gasteiger partial charge in [-0.15, -0.1) is 0 Å². The number of aliphatic carboxylic acids is 1. The van der Waals surface area contributed by atoms with E-state index in [1.54, 1.807) is 18.2 Å². The van der Waals surface area contributed by atoms with Gasteiger partial charge in [-0.05, 0) is 6.07 Å². The number of aliphatic hydroxyl groups is 1. The number of carboxylic acid groups (broad SMARTS) is 1. The number of hydrogen-bond acceptors (Lipinski definition) is 6. The van der Waals surface area contributed by atoms with Crippen LogP contribution in [-0.4, -0.2) is 36.1 Å². The zero-order chi connectivity index (χ0) is 14.3. The number of benzene rings is 1. The molecule has 1 aromatic heterocycles. The lowest BCUT2D eigenvalue weighted by atomic mass is 9.94. The van der Waals surface area contributed by atoms with Gasteiger partial charge in [-0.1, -0.05) is 18.2 Å². The summed E-state index contributed by atoms with van der Waals surface area (Å²) < 4.78 is 0.922. The Bertz CT molecular complexity index is 671. The van der Waals surface area contributed by atoms with Gasteiger partial charge in [0.2, 0.25) is 5.95 Å². The van der Waals surface area contributed by atoms with Gasteiger partial charge in [-0.2, -0.15) is 14.8 Å². The molecular weight excluding hydrogens is 264 g/mol. The summed E-state index contributed by atoms with van der Waals surface area (Å²) in [6.07, 6.45) is 0.972. The van der Waals surface area contributed by atoms with Crippen LogP contribution in [0, 0.1) is 0 Å². The molecule has 0 aliphatic carbocycles. The van der Waals surface area contributed by atoms with Gasteiger partial charge in [0.15, 0.2) is 0 Å². The number of anilines is 1. The molecule has 8 nitrogen and oxygen atoms in total. The van der Waals surface area contributed by atoms with Gasteiger partial charge in [0.05, 0.1) is 6.04 Å². The summed E-state index contributed by atoms with van der Waals surface area (Å²) in [7, 11) is 0. The second kappa shape index (κ2) is 4.20. The number of para-hydroxylation sites is 1. The maximum Gasteiger partial charge on any atom is 0.359 e. The van der Waals surface area contributed by atoms with Crippen LogP contribution >= 0.6 is 0 Å². The highest BCUT2D eigenvalue weighted by molar-refractivity contribution is 5.76. The van der Waals surface area contributed by atoms with Gasteiger partial charge in [-0.25, -0.2) is 4.79 Å². The lowest BCUT2D eigenvalue weighted by Gasteiger charge is -2.35. The minimum absolute atomic E-state index is 0.0192. The molecule has 1 aromatic carbocycles. The average molecular weight is 276 g/mol. The van der Waals surface area contributed by atoms with E-state index >= 15 is 0 Å². The van der Waals surface area contributed by atoms with E-state index in [0.717, 1.165) is 11.0 Å². The first-order valence-electron chi connectivity index (χ1n) is 5.93. The van der Waals surface area contributed by atoms with E-state index in [-0.39, 0.29) is 18.1 Å². The largest absolute Gasteiger partial charge is 0.508 e. The number of hydrogen-bond donors (Lipinski definition) is 4. The SMILES string of the molecule is O=C(O)C1(O)CC(c2ccccc2O)Nc2ncnn21. The number of nitrogens with zero attached hydrogens (tertiary/aromatic N) is 3. The monoisotopic (exact) mass is 276 g/mol. The molecule has 2 atom stereocenters. The summed E-state index contributed by atoms with van der Waals surface area (Å²) in [5.74, 6) is -1.27. The van der Waals surface area contributed by atoms with E-state index in [2.05, 4.69) is 15.4 Å². The number of phenols is 1. The molecule has 1 aliphatic rings. The molecule has 2 unspecified atom stereocenters. The Labute approximate surface area is 113 Å². The molecule has 2 heterocycles. The number of rotatable bonds is 2. The van der Waals surface area contributed by atoms with Crippen molar-refractivity contribution in [3.8, 4) is 5.75 Å². The Morgan fingerprint density at radius 3 is 2.90 bits per heavy atom. The third-order valence-corrected chi connectivity index (χ3v) is 3.34. The fourth-order valence-corrected chi connectivity index (χ4v) is 2.34. The molecule has 0 amide bonds. The van der Waals surface area contributed by atoms with Crippen molar-refractivity contribution in [3.63, 3.8) is 0 Å². The zero-order valence-electron chi connectivity index (χ0n) is 10.3. The number of phenolic OH excluding ortho intramolecular Hbond substituents is 1. The van der Waals surface area contributed by atoms with E-state index in [9.17, 15) is 20.1 Å². The first kappa shape index (κ1) is 12.4. The first-order valence-corrected chi connectivity index (χ1v) is 5.93. The molecule has 0 fully saturated rings. The fraction of sp³-hybridized carbons (Fsp3) is 0.250. The third kappa shape index (κ3) is 1.69. The topological polar surface area (TPSA) is 120 Å². The van der Waals surface area contributed by atoms with Crippen molar-refractivity contribution in [3.05, 3.63) is 36.2 Å². The maximum absolute atomic E-state index is 11.4. The zero-order valence-corrected chi connectivity index (χ0v) is 10.3. The highest BCUT2D eigenvalue weighted by Crippen LogP contribution is 2.38. The van der Waals surface area contributed by atoms with Crippen LogP contribution in [-0.2, 0) is 10.5 Å².